The average Bonchev–Trinajstić information content (AvgIpc) is 2.76. The number of hydrogen-bond acceptors (Lipinski definition) is 7. The highest BCUT2D eigenvalue weighted by Gasteiger charge is 2.23. The predicted octanol–water partition coefficient (Wildman–Crippen LogP) is 4.35. The molecule has 0 spiro atoms. The van der Waals surface area contributed by atoms with E-state index in [1.54, 1.807) is 12.1 Å². The SMILES string of the molecule is COc1cc(-c2ccc3ncc(S(C)(=O)=O)c(N[C@H]4CC[C@H](N)CC4)c3c2)cc(Cl)c1O. The minimum Gasteiger partial charge on any atom is -0.503 e. The van der Waals surface area contributed by atoms with Gasteiger partial charge in [0.2, 0.25) is 0 Å². The van der Waals surface area contributed by atoms with Crippen LogP contribution >= 0.6 is 11.6 Å². The molecule has 0 unspecified atom stereocenters. The molecular formula is C23H26ClN3O4S. The number of hydrogen-bond donors (Lipinski definition) is 3. The summed E-state index contributed by atoms with van der Waals surface area (Å²) in [7, 11) is -2.06. The molecule has 2 aromatic carbocycles. The molecule has 170 valence electrons. The number of rotatable bonds is 5. The molecule has 0 bridgehead atoms. The van der Waals surface area contributed by atoms with Crippen molar-refractivity contribution in [2.75, 3.05) is 18.7 Å². The number of halogens is 1. The lowest BCUT2D eigenvalue weighted by atomic mass is 9.91. The molecule has 1 heterocycles. The Labute approximate surface area is 192 Å². The number of aromatic nitrogens is 1. The summed E-state index contributed by atoms with van der Waals surface area (Å²) in [5, 5.41) is 14.4. The lowest BCUT2D eigenvalue weighted by Gasteiger charge is -2.28. The second-order valence-electron chi connectivity index (χ2n) is 8.27. The van der Waals surface area contributed by atoms with E-state index in [1.807, 2.05) is 18.2 Å². The fourth-order valence-corrected chi connectivity index (χ4v) is 5.14. The Balaban J connectivity index is 1.87. The van der Waals surface area contributed by atoms with Crippen LogP contribution in [-0.2, 0) is 9.84 Å². The van der Waals surface area contributed by atoms with Crippen molar-refractivity contribution in [2.45, 2.75) is 42.7 Å². The Bertz CT molecular complexity index is 1270. The molecule has 0 atom stereocenters. The Kier molecular flexibility index (Phi) is 6.20. The van der Waals surface area contributed by atoms with Gasteiger partial charge in [0.25, 0.3) is 0 Å². The number of nitrogens with zero attached hydrogens (tertiary/aromatic N) is 1. The topological polar surface area (TPSA) is 115 Å². The van der Waals surface area contributed by atoms with E-state index in [0.29, 0.717) is 16.6 Å². The summed E-state index contributed by atoms with van der Waals surface area (Å²) < 4.78 is 30.3. The van der Waals surface area contributed by atoms with E-state index in [2.05, 4.69) is 10.3 Å². The van der Waals surface area contributed by atoms with E-state index in [4.69, 9.17) is 22.1 Å². The third-order valence-electron chi connectivity index (χ3n) is 5.93. The van der Waals surface area contributed by atoms with E-state index in [0.717, 1.165) is 36.8 Å². The van der Waals surface area contributed by atoms with Crippen molar-refractivity contribution in [2.24, 2.45) is 5.73 Å². The van der Waals surface area contributed by atoms with Crippen LogP contribution in [0.1, 0.15) is 25.7 Å². The number of phenolic OH excluding ortho intramolecular Hbond substituents is 1. The molecule has 1 fully saturated rings. The van der Waals surface area contributed by atoms with E-state index < -0.39 is 9.84 Å². The Hall–Kier alpha value is -2.55. The van der Waals surface area contributed by atoms with Crippen molar-refractivity contribution in [1.82, 2.24) is 4.98 Å². The molecule has 0 saturated heterocycles. The zero-order chi connectivity index (χ0) is 23.0. The summed E-state index contributed by atoms with van der Waals surface area (Å²) in [6.07, 6.45) is 6.14. The maximum atomic E-state index is 12.5. The van der Waals surface area contributed by atoms with Crippen molar-refractivity contribution in [3.8, 4) is 22.6 Å². The van der Waals surface area contributed by atoms with Gasteiger partial charge in [0.15, 0.2) is 21.3 Å². The highest BCUT2D eigenvalue weighted by atomic mass is 35.5. The number of fused-ring (bicyclic) bond motifs is 1. The summed E-state index contributed by atoms with van der Waals surface area (Å²) in [6.45, 7) is 0. The number of anilines is 1. The molecule has 7 nitrogen and oxygen atoms in total. The highest BCUT2D eigenvalue weighted by Crippen LogP contribution is 2.40. The molecule has 1 aromatic heterocycles. The van der Waals surface area contributed by atoms with Gasteiger partial charge in [-0.05, 0) is 61.1 Å². The number of methoxy groups -OCH3 is 1. The van der Waals surface area contributed by atoms with Gasteiger partial charge in [0.1, 0.15) is 4.90 Å². The normalized spacial score (nSPS) is 19.1. The largest absolute Gasteiger partial charge is 0.503 e. The average molecular weight is 476 g/mol. The lowest BCUT2D eigenvalue weighted by Crippen LogP contribution is -2.33. The molecule has 1 saturated carbocycles. The zero-order valence-corrected chi connectivity index (χ0v) is 19.5. The molecular weight excluding hydrogens is 450 g/mol. The van der Waals surface area contributed by atoms with Gasteiger partial charge in [0, 0.05) is 29.9 Å². The number of benzene rings is 2. The molecule has 3 aromatic rings. The van der Waals surface area contributed by atoms with E-state index >= 15 is 0 Å². The maximum Gasteiger partial charge on any atom is 0.179 e. The second-order valence-corrected chi connectivity index (χ2v) is 10.7. The first-order chi connectivity index (χ1) is 15.2. The number of nitrogens with two attached hydrogens (primary N) is 1. The third kappa shape index (κ3) is 4.48. The third-order valence-corrected chi connectivity index (χ3v) is 7.33. The first kappa shape index (κ1) is 22.6. The fraction of sp³-hybridized carbons (Fsp3) is 0.348. The van der Waals surface area contributed by atoms with Crippen LogP contribution in [-0.4, -0.2) is 44.0 Å². The van der Waals surface area contributed by atoms with E-state index in [1.165, 1.54) is 19.6 Å². The van der Waals surface area contributed by atoms with Gasteiger partial charge < -0.3 is 20.9 Å². The minimum atomic E-state index is -3.51. The number of pyridine rings is 1. The van der Waals surface area contributed by atoms with Gasteiger partial charge in [0.05, 0.1) is 23.3 Å². The summed E-state index contributed by atoms with van der Waals surface area (Å²) in [5.74, 6) is 0.130. The standard InChI is InChI=1S/C23H26ClN3O4S/c1-31-20-11-14(10-18(24)23(20)28)13-3-8-19-17(9-13)22(21(12-26-19)32(2,29)30)27-16-6-4-15(25)5-7-16/h3,8-12,15-16,28H,4-7,25H2,1-2H3,(H,26,27)/t15-,16-. The van der Waals surface area contributed by atoms with E-state index in [-0.39, 0.29) is 33.5 Å². The first-order valence-electron chi connectivity index (χ1n) is 10.4. The monoisotopic (exact) mass is 475 g/mol. The molecule has 0 radical (unpaired) electrons. The Morgan fingerprint density at radius 3 is 2.53 bits per heavy atom. The van der Waals surface area contributed by atoms with Crippen LogP contribution in [0.15, 0.2) is 41.4 Å². The molecule has 4 rings (SSSR count). The van der Waals surface area contributed by atoms with Crippen LogP contribution < -0.4 is 15.8 Å². The van der Waals surface area contributed by atoms with Crippen LogP contribution in [0.2, 0.25) is 5.02 Å². The molecule has 0 amide bonds. The molecule has 0 aliphatic heterocycles. The predicted molar refractivity (Wildman–Crippen MR) is 127 cm³/mol. The second kappa shape index (κ2) is 8.77. The van der Waals surface area contributed by atoms with Crippen molar-refractivity contribution in [3.05, 3.63) is 41.6 Å². The minimum absolute atomic E-state index is 0.127. The smallest absolute Gasteiger partial charge is 0.179 e. The van der Waals surface area contributed by atoms with Crippen molar-refractivity contribution >= 4 is 38.0 Å². The summed E-state index contributed by atoms with van der Waals surface area (Å²) in [5.41, 5.74) is 8.78. The van der Waals surface area contributed by atoms with Crippen LogP contribution in [0.5, 0.6) is 11.5 Å². The van der Waals surface area contributed by atoms with Crippen molar-refractivity contribution in [3.63, 3.8) is 0 Å². The van der Waals surface area contributed by atoms with Gasteiger partial charge >= 0.3 is 0 Å². The van der Waals surface area contributed by atoms with Crippen LogP contribution in [0, 0.1) is 0 Å². The molecule has 32 heavy (non-hydrogen) atoms. The number of phenols is 1. The summed E-state index contributed by atoms with van der Waals surface area (Å²) in [6, 6.07) is 9.25. The number of aromatic hydroxyl groups is 1. The van der Waals surface area contributed by atoms with Crippen molar-refractivity contribution in [1.29, 1.82) is 0 Å². The maximum absolute atomic E-state index is 12.5. The number of nitrogens with one attached hydrogen (secondary N) is 1. The molecule has 4 N–H and O–H groups in total. The summed E-state index contributed by atoms with van der Waals surface area (Å²) >= 11 is 6.18. The molecule has 9 heteroatoms. The van der Waals surface area contributed by atoms with Gasteiger partial charge in [-0.15, -0.1) is 0 Å². The van der Waals surface area contributed by atoms with Crippen LogP contribution in [0.25, 0.3) is 22.0 Å². The molecule has 1 aliphatic carbocycles. The number of sulfone groups is 1. The van der Waals surface area contributed by atoms with Gasteiger partial charge in [-0.25, -0.2) is 8.42 Å². The summed E-state index contributed by atoms with van der Waals surface area (Å²) in [4.78, 5) is 4.55. The number of ether oxygens (including phenoxy) is 1. The van der Waals surface area contributed by atoms with E-state index in [9.17, 15) is 13.5 Å². The van der Waals surface area contributed by atoms with Crippen LogP contribution in [0.4, 0.5) is 5.69 Å². The molecule has 1 aliphatic rings. The highest BCUT2D eigenvalue weighted by molar-refractivity contribution is 7.90. The van der Waals surface area contributed by atoms with Crippen molar-refractivity contribution < 1.29 is 18.3 Å². The van der Waals surface area contributed by atoms with Gasteiger partial charge in [-0.2, -0.15) is 0 Å². The zero-order valence-electron chi connectivity index (χ0n) is 17.9. The van der Waals surface area contributed by atoms with Gasteiger partial charge in [-0.1, -0.05) is 17.7 Å². The Morgan fingerprint density at radius 1 is 1.16 bits per heavy atom. The first-order valence-corrected chi connectivity index (χ1v) is 12.7. The van der Waals surface area contributed by atoms with Gasteiger partial charge in [-0.3, -0.25) is 4.98 Å². The fourth-order valence-electron chi connectivity index (χ4n) is 4.15. The van der Waals surface area contributed by atoms with Crippen LogP contribution in [0.3, 0.4) is 0 Å². The Morgan fingerprint density at radius 2 is 1.88 bits per heavy atom. The quantitative estimate of drug-likeness (QED) is 0.502. The lowest BCUT2D eigenvalue weighted by molar-refractivity contribution is 0.374.